The Morgan fingerprint density at radius 2 is 2.00 bits per heavy atom. The Hall–Kier alpha value is -0.770. The van der Waals surface area contributed by atoms with Gasteiger partial charge in [-0.15, -0.1) is 0 Å². The van der Waals surface area contributed by atoms with Gasteiger partial charge in [0.15, 0.2) is 0 Å². The lowest BCUT2D eigenvalue weighted by Gasteiger charge is -2.18. The number of nitrogens with zero attached hydrogens (tertiary/aromatic N) is 2. The maximum atomic E-state index is 5.60. The van der Waals surface area contributed by atoms with Gasteiger partial charge in [0, 0.05) is 20.1 Å². The van der Waals surface area contributed by atoms with Gasteiger partial charge in [0.1, 0.15) is 0 Å². The Labute approximate surface area is 79.2 Å². The molecule has 1 heterocycles. The molecule has 74 valence electrons. The van der Waals surface area contributed by atoms with Gasteiger partial charge >= 0.3 is 0 Å². The molecule has 1 saturated carbocycles. The maximum Gasteiger partial charge on any atom is 0.203 e. The van der Waals surface area contributed by atoms with Gasteiger partial charge in [0.25, 0.3) is 0 Å². The molecule has 2 aliphatic rings. The molecule has 2 rings (SSSR count). The van der Waals surface area contributed by atoms with Crippen LogP contribution in [0.3, 0.4) is 0 Å². The van der Waals surface area contributed by atoms with Crippen LogP contribution in [0.5, 0.6) is 0 Å². The summed E-state index contributed by atoms with van der Waals surface area (Å²) in [5.74, 6) is 2.33. The van der Waals surface area contributed by atoms with Gasteiger partial charge in [0.05, 0.1) is 0 Å². The second-order valence-corrected chi connectivity index (χ2v) is 4.08. The van der Waals surface area contributed by atoms with Crippen LogP contribution >= 0.6 is 0 Å². The Bertz CT molecular complexity index is 202. The highest BCUT2D eigenvalue weighted by atomic mass is 15.5. The van der Waals surface area contributed by atoms with E-state index < -0.39 is 0 Å². The quantitative estimate of drug-likeness (QED) is 0.449. The van der Waals surface area contributed by atoms with Gasteiger partial charge in [-0.25, -0.2) is 5.01 Å². The summed E-state index contributed by atoms with van der Waals surface area (Å²) in [6, 6.07) is 0. The average Bonchev–Trinajstić information content (AvgIpc) is 2.63. The summed E-state index contributed by atoms with van der Waals surface area (Å²) < 4.78 is 0. The van der Waals surface area contributed by atoms with Gasteiger partial charge in [-0.1, -0.05) is 6.42 Å². The van der Waals surface area contributed by atoms with Crippen molar-refractivity contribution < 1.29 is 0 Å². The number of rotatable bonds is 1. The minimum Gasteiger partial charge on any atom is -0.369 e. The van der Waals surface area contributed by atoms with Crippen LogP contribution in [0.2, 0.25) is 0 Å². The van der Waals surface area contributed by atoms with Crippen molar-refractivity contribution in [3.05, 3.63) is 0 Å². The fourth-order valence-corrected chi connectivity index (χ4v) is 2.54. The molecular formula is C9H18N4. The molecule has 1 saturated heterocycles. The molecule has 3 N–H and O–H groups in total. The first kappa shape index (κ1) is 8.81. The minimum absolute atomic E-state index is 0.528. The first-order valence-corrected chi connectivity index (χ1v) is 5.03. The number of hydrogen-bond donors (Lipinski definition) is 2. The van der Waals surface area contributed by atoms with Crippen LogP contribution in [0.25, 0.3) is 0 Å². The normalized spacial score (nSPS) is 35.0. The molecule has 2 fully saturated rings. The molecule has 0 bridgehead atoms. The van der Waals surface area contributed by atoms with Crippen LogP contribution in [0, 0.1) is 11.8 Å². The lowest BCUT2D eigenvalue weighted by molar-refractivity contribution is 0.269. The average molecular weight is 182 g/mol. The fourth-order valence-electron chi connectivity index (χ4n) is 2.54. The lowest BCUT2D eigenvalue weighted by atomic mass is 10.0. The zero-order valence-corrected chi connectivity index (χ0v) is 8.16. The maximum absolute atomic E-state index is 5.60. The fraction of sp³-hybridized carbons (Fsp3) is 0.889. The molecule has 0 aromatic heterocycles. The Balaban J connectivity index is 1.85. The molecule has 1 aliphatic carbocycles. The molecule has 1 aliphatic heterocycles. The molecule has 2 unspecified atom stereocenters. The number of hydrazine groups is 1. The SMILES string of the molecule is CN=C(N)NN1CC2CCCC2C1. The minimum atomic E-state index is 0.528. The third-order valence-corrected chi connectivity index (χ3v) is 3.24. The Morgan fingerprint density at radius 3 is 2.54 bits per heavy atom. The van der Waals surface area contributed by atoms with Crippen molar-refractivity contribution >= 4 is 5.96 Å². The summed E-state index contributed by atoms with van der Waals surface area (Å²) in [4.78, 5) is 3.89. The molecule has 0 aromatic carbocycles. The van der Waals surface area contributed by atoms with Crippen LogP contribution in [-0.2, 0) is 0 Å². The summed E-state index contributed by atoms with van der Waals surface area (Å²) in [5, 5.41) is 2.21. The van der Waals surface area contributed by atoms with Crippen molar-refractivity contribution in [1.82, 2.24) is 10.4 Å². The van der Waals surface area contributed by atoms with E-state index in [0.717, 1.165) is 24.9 Å². The van der Waals surface area contributed by atoms with Crippen LogP contribution in [-0.4, -0.2) is 31.1 Å². The number of aliphatic imine (C=N–C) groups is 1. The van der Waals surface area contributed by atoms with Crippen molar-refractivity contribution in [3.63, 3.8) is 0 Å². The van der Waals surface area contributed by atoms with Gasteiger partial charge in [0.2, 0.25) is 5.96 Å². The molecule has 0 spiro atoms. The van der Waals surface area contributed by atoms with E-state index >= 15 is 0 Å². The van der Waals surface area contributed by atoms with Crippen LogP contribution in [0.15, 0.2) is 4.99 Å². The van der Waals surface area contributed by atoms with Crippen molar-refractivity contribution in [2.45, 2.75) is 19.3 Å². The van der Waals surface area contributed by atoms with E-state index in [1.54, 1.807) is 7.05 Å². The smallest absolute Gasteiger partial charge is 0.203 e. The number of guanidine groups is 1. The second-order valence-electron chi connectivity index (χ2n) is 4.08. The van der Waals surface area contributed by atoms with Crippen molar-refractivity contribution in [2.24, 2.45) is 22.6 Å². The summed E-state index contributed by atoms with van der Waals surface area (Å²) in [7, 11) is 1.71. The largest absolute Gasteiger partial charge is 0.369 e. The van der Waals surface area contributed by atoms with Gasteiger partial charge < -0.3 is 5.73 Å². The monoisotopic (exact) mass is 182 g/mol. The molecule has 2 atom stereocenters. The highest BCUT2D eigenvalue weighted by Crippen LogP contribution is 2.36. The highest BCUT2D eigenvalue weighted by Gasteiger charge is 2.36. The van der Waals surface area contributed by atoms with Gasteiger partial charge in [-0.05, 0) is 24.7 Å². The summed E-state index contributed by atoms with van der Waals surface area (Å²) in [5.41, 5.74) is 8.72. The van der Waals surface area contributed by atoms with Crippen molar-refractivity contribution in [3.8, 4) is 0 Å². The topological polar surface area (TPSA) is 53.6 Å². The molecule has 0 aromatic rings. The Morgan fingerprint density at radius 1 is 1.38 bits per heavy atom. The molecule has 0 radical (unpaired) electrons. The zero-order valence-electron chi connectivity index (χ0n) is 8.16. The van der Waals surface area contributed by atoms with E-state index in [1.807, 2.05) is 0 Å². The number of nitrogens with one attached hydrogen (secondary N) is 1. The first-order chi connectivity index (χ1) is 6.29. The molecule has 4 nitrogen and oxygen atoms in total. The third-order valence-electron chi connectivity index (χ3n) is 3.24. The molecule has 0 amide bonds. The van der Waals surface area contributed by atoms with Crippen LogP contribution in [0.1, 0.15) is 19.3 Å². The van der Waals surface area contributed by atoms with Gasteiger partial charge in [-0.3, -0.25) is 10.4 Å². The summed E-state index contributed by atoms with van der Waals surface area (Å²) in [6.07, 6.45) is 4.21. The van der Waals surface area contributed by atoms with Crippen LogP contribution in [0.4, 0.5) is 0 Å². The van der Waals surface area contributed by atoms with E-state index in [-0.39, 0.29) is 0 Å². The van der Waals surface area contributed by atoms with E-state index in [9.17, 15) is 0 Å². The molecule has 4 heteroatoms. The predicted molar refractivity (Wildman–Crippen MR) is 53.1 cm³/mol. The van der Waals surface area contributed by atoms with Crippen molar-refractivity contribution in [2.75, 3.05) is 20.1 Å². The van der Waals surface area contributed by atoms with E-state index in [4.69, 9.17) is 5.73 Å². The van der Waals surface area contributed by atoms with E-state index in [0.29, 0.717) is 5.96 Å². The van der Waals surface area contributed by atoms with Crippen LogP contribution < -0.4 is 11.2 Å². The number of nitrogens with two attached hydrogens (primary N) is 1. The second kappa shape index (κ2) is 3.54. The molecular weight excluding hydrogens is 164 g/mol. The molecule has 13 heavy (non-hydrogen) atoms. The van der Waals surface area contributed by atoms with E-state index in [1.165, 1.54) is 19.3 Å². The predicted octanol–water partition coefficient (Wildman–Crippen LogP) is 0.167. The lowest BCUT2D eigenvalue weighted by Crippen LogP contribution is -2.45. The third kappa shape index (κ3) is 1.77. The van der Waals surface area contributed by atoms with E-state index in [2.05, 4.69) is 15.4 Å². The Kier molecular flexibility index (Phi) is 2.40. The number of fused-ring (bicyclic) bond motifs is 1. The van der Waals surface area contributed by atoms with Gasteiger partial charge in [-0.2, -0.15) is 0 Å². The zero-order chi connectivity index (χ0) is 9.26. The summed E-state index contributed by atoms with van der Waals surface area (Å²) in [6.45, 7) is 2.28. The standard InChI is InChI=1S/C9H18N4/c1-11-9(10)12-13-5-7-3-2-4-8(7)6-13/h7-8H,2-6H2,1H3,(H3,10,11,12). The highest BCUT2D eigenvalue weighted by molar-refractivity contribution is 5.77. The van der Waals surface area contributed by atoms with Crippen molar-refractivity contribution in [1.29, 1.82) is 0 Å². The first-order valence-electron chi connectivity index (χ1n) is 5.03. The number of hydrogen-bond acceptors (Lipinski definition) is 2. The summed E-state index contributed by atoms with van der Waals surface area (Å²) >= 11 is 0.